The number of nitrogens with one attached hydrogen (secondary N) is 2. The second-order valence-electron chi connectivity index (χ2n) is 9.54. The van der Waals surface area contributed by atoms with Crippen molar-refractivity contribution in [3.63, 3.8) is 0 Å². The summed E-state index contributed by atoms with van der Waals surface area (Å²) < 4.78 is 58.4. The molecule has 0 radical (unpaired) electrons. The van der Waals surface area contributed by atoms with E-state index in [1.807, 2.05) is 30.3 Å². The molecule has 0 aliphatic carbocycles. The highest BCUT2D eigenvalue weighted by Crippen LogP contribution is 2.34. The molecule has 2 amide bonds. The molecule has 212 valence electrons. The number of hydrogen-bond acceptors (Lipinski definition) is 4. The second kappa shape index (κ2) is 12.7. The molecule has 1 heterocycles. The molecule has 11 heteroatoms. The quantitative estimate of drug-likeness (QED) is 0.339. The molecular formula is C29H28ClF4N3O3. The first-order valence-electron chi connectivity index (χ1n) is 12.6. The predicted octanol–water partition coefficient (Wildman–Crippen LogP) is 5.66. The van der Waals surface area contributed by atoms with Gasteiger partial charge >= 0.3 is 6.36 Å². The molecule has 1 saturated heterocycles. The third-order valence-electron chi connectivity index (χ3n) is 6.76. The normalized spacial score (nSPS) is 17.4. The van der Waals surface area contributed by atoms with E-state index in [0.29, 0.717) is 25.1 Å². The molecular weight excluding hydrogens is 550 g/mol. The maximum Gasteiger partial charge on any atom is 0.573 e. The minimum Gasteiger partial charge on any atom is -0.405 e. The third-order valence-corrected chi connectivity index (χ3v) is 7.00. The van der Waals surface area contributed by atoms with Crippen molar-refractivity contribution in [1.29, 1.82) is 0 Å². The lowest BCUT2D eigenvalue weighted by atomic mass is 9.85. The summed E-state index contributed by atoms with van der Waals surface area (Å²) in [5.41, 5.74) is 1.72. The van der Waals surface area contributed by atoms with Gasteiger partial charge in [0.05, 0.1) is 6.54 Å². The highest BCUT2D eigenvalue weighted by atomic mass is 35.5. The van der Waals surface area contributed by atoms with Gasteiger partial charge in [-0.15, -0.1) is 13.2 Å². The number of likely N-dealkylation sites (tertiary alicyclic amines) is 1. The lowest BCUT2D eigenvalue weighted by Crippen LogP contribution is -2.51. The number of carbonyl (C=O) groups is 2. The molecule has 6 nitrogen and oxygen atoms in total. The molecule has 2 atom stereocenters. The van der Waals surface area contributed by atoms with Gasteiger partial charge in [-0.2, -0.15) is 0 Å². The Bertz CT molecular complexity index is 1350. The Morgan fingerprint density at radius 1 is 1.07 bits per heavy atom. The summed E-state index contributed by atoms with van der Waals surface area (Å²) in [7, 11) is 0. The fraction of sp³-hybridized carbons (Fsp3) is 0.310. The highest BCUT2D eigenvalue weighted by molar-refractivity contribution is 6.30. The van der Waals surface area contributed by atoms with Crippen LogP contribution in [0, 0.1) is 5.82 Å². The van der Waals surface area contributed by atoms with Gasteiger partial charge in [-0.25, -0.2) is 4.39 Å². The number of halogens is 5. The molecule has 1 fully saturated rings. The monoisotopic (exact) mass is 577 g/mol. The zero-order chi connectivity index (χ0) is 28.9. The largest absolute Gasteiger partial charge is 0.573 e. The summed E-state index contributed by atoms with van der Waals surface area (Å²) in [6, 6.07) is 17.4. The van der Waals surface area contributed by atoms with Crippen LogP contribution in [-0.2, 0) is 16.1 Å². The summed E-state index contributed by atoms with van der Waals surface area (Å²) in [5, 5.41) is 6.08. The predicted molar refractivity (Wildman–Crippen MR) is 143 cm³/mol. The first-order chi connectivity index (χ1) is 19.0. The van der Waals surface area contributed by atoms with Gasteiger partial charge in [-0.1, -0.05) is 48.0 Å². The van der Waals surface area contributed by atoms with Crippen LogP contribution >= 0.6 is 11.6 Å². The number of nitrogens with zero attached hydrogens (tertiary/aromatic N) is 1. The lowest BCUT2D eigenvalue weighted by molar-refractivity contribution is -0.274. The van der Waals surface area contributed by atoms with Crippen molar-refractivity contribution >= 4 is 23.4 Å². The number of carbonyl (C=O) groups excluding carboxylic acids is 2. The van der Waals surface area contributed by atoms with E-state index >= 15 is 0 Å². The van der Waals surface area contributed by atoms with E-state index in [1.165, 1.54) is 37.3 Å². The van der Waals surface area contributed by atoms with Gasteiger partial charge in [0.15, 0.2) is 0 Å². The van der Waals surface area contributed by atoms with Gasteiger partial charge < -0.3 is 20.3 Å². The second-order valence-corrected chi connectivity index (χ2v) is 9.97. The molecule has 0 unspecified atom stereocenters. The number of hydrogen-bond donors (Lipinski definition) is 2. The van der Waals surface area contributed by atoms with Crippen LogP contribution < -0.4 is 15.4 Å². The van der Waals surface area contributed by atoms with Gasteiger partial charge in [-0.3, -0.25) is 9.59 Å². The number of piperidine rings is 1. The van der Waals surface area contributed by atoms with Crippen molar-refractivity contribution in [3.05, 3.63) is 88.7 Å². The summed E-state index contributed by atoms with van der Waals surface area (Å²) in [6.45, 7) is 2.00. The highest BCUT2D eigenvalue weighted by Gasteiger charge is 2.34. The van der Waals surface area contributed by atoms with Gasteiger partial charge in [0.25, 0.3) is 0 Å². The first kappa shape index (κ1) is 29.4. The van der Waals surface area contributed by atoms with Crippen LogP contribution in [0.3, 0.4) is 0 Å². The zero-order valence-corrected chi connectivity index (χ0v) is 22.4. The molecule has 0 aromatic heterocycles. The molecule has 1 aliphatic heterocycles. The summed E-state index contributed by atoms with van der Waals surface area (Å²) in [6.07, 6.45) is -4.39. The number of amides is 2. The van der Waals surface area contributed by atoms with Gasteiger partial charge in [0.2, 0.25) is 11.8 Å². The fourth-order valence-electron chi connectivity index (χ4n) is 4.85. The maximum atomic E-state index is 14.6. The van der Waals surface area contributed by atoms with E-state index in [-0.39, 0.29) is 53.0 Å². The van der Waals surface area contributed by atoms with Gasteiger partial charge in [0.1, 0.15) is 11.6 Å². The van der Waals surface area contributed by atoms with E-state index in [1.54, 1.807) is 4.90 Å². The topological polar surface area (TPSA) is 70.7 Å². The Morgan fingerprint density at radius 2 is 1.82 bits per heavy atom. The maximum absolute atomic E-state index is 14.6. The Balaban J connectivity index is 1.58. The third kappa shape index (κ3) is 7.73. The van der Waals surface area contributed by atoms with Gasteiger partial charge in [0, 0.05) is 54.7 Å². The van der Waals surface area contributed by atoms with Crippen molar-refractivity contribution in [2.24, 2.45) is 0 Å². The standard InChI is InChI=1S/C29H28ClF4N3O3/c1-18(38)35-16-28(39)37-12-11-26(24(17-37)19-5-3-2-4-6-19)36-15-21-13-20(7-10-27(21)40-29(32,33)34)23-9-8-22(30)14-25(23)31/h2-10,13-14,24,26,36H,11-12,15-17H2,1H3,(H,35,38)/t24-,26-/m0/s1. The van der Waals surface area contributed by atoms with Crippen LogP contribution in [-0.4, -0.2) is 48.8 Å². The van der Waals surface area contributed by atoms with Gasteiger partial charge in [-0.05, 0) is 47.9 Å². The Morgan fingerprint density at radius 3 is 2.50 bits per heavy atom. The molecule has 3 aromatic carbocycles. The van der Waals surface area contributed by atoms with Crippen LogP contribution in [0.25, 0.3) is 11.1 Å². The molecule has 40 heavy (non-hydrogen) atoms. The SMILES string of the molecule is CC(=O)NCC(=O)N1CC[C@H](NCc2cc(-c3ccc(Cl)cc3F)ccc2OC(F)(F)F)[C@H](c2ccccc2)C1. The van der Waals surface area contributed by atoms with Crippen molar-refractivity contribution < 1.29 is 31.9 Å². The number of ether oxygens (including phenoxy) is 1. The van der Waals surface area contributed by atoms with Crippen LogP contribution in [0.1, 0.15) is 30.4 Å². The summed E-state index contributed by atoms with van der Waals surface area (Å²) in [5.74, 6) is -1.68. The molecule has 0 bridgehead atoms. The van der Waals surface area contributed by atoms with E-state index in [0.717, 1.165) is 11.6 Å². The van der Waals surface area contributed by atoms with Crippen molar-refractivity contribution in [2.45, 2.75) is 38.2 Å². The first-order valence-corrected chi connectivity index (χ1v) is 13.0. The van der Waals surface area contributed by atoms with E-state index in [9.17, 15) is 27.2 Å². The van der Waals surface area contributed by atoms with Crippen molar-refractivity contribution in [2.75, 3.05) is 19.6 Å². The van der Waals surface area contributed by atoms with E-state index < -0.39 is 17.9 Å². The Kier molecular flexibility index (Phi) is 9.32. The van der Waals surface area contributed by atoms with Crippen LogP contribution in [0.4, 0.5) is 17.6 Å². The number of alkyl halides is 3. The minimum atomic E-state index is -4.91. The van der Waals surface area contributed by atoms with Crippen molar-refractivity contribution in [3.8, 4) is 16.9 Å². The average Bonchev–Trinajstić information content (AvgIpc) is 2.91. The Hall–Kier alpha value is -3.63. The molecule has 0 saturated carbocycles. The van der Waals surface area contributed by atoms with Crippen LogP contribution in [0.2, 0.25) is 5.02 Å². The molecule has 4 rings (SSSR count). The van der Waals surface area contributed by atoms with Crippen molar-refractivity contribution in [1.82, 2.24) is 15.5 Å². The van der Waals surface area contributed by atoms with Crippen LogP contribution in [0.5, 0.6) is 5.75 Å². The molecule has 3 aromatic rings. The van der Waals surface area contributed by atoms with E-state index in [4.69, 9.17) is 11.6 Å². The summed E-state index contributed by atoms with van der Waals surface area (Å²) >= 11 is 5.86. The molecule has 0 spiro atoms. The van der Waals surface area contributed by atoms with E-state index in [2.05, 4.69) is 15.4 Å². The molecule has 1 aliphatic rings. The minimum absolute atomic E-state index is 0.00228. The smallest absolute Gasteiger partial charge is 0.405 e. The fourth-order valence-corrected chi connectivity index (χ4v) is 5.01. The Labute approximate surface area is 234 Å². The summed E-state index contributed by atoms with van der Waals surface area (Å²) in [4.78, 5) is 25.6. The van der Waals surface area contributed by atoms with Crippen LogP contribution in [0.15, 0.2) is 66.7 Å². The zero-order valence-electron chi connectivity index (χ0n) is 21.6. The number of benzene rings is 3. The number of rotatable bonds is 8. The molecule has 2 N–H and O–H groups in total. The lowest BCUT2D eigenvalue weighted by Gasteiger charge is -2.39. The average molecular weight is 578 g/mol.